The van der Waals surface area contributed by atoms with Crippen molar-refractivity contribution in [3.8, 4) is 0 Å². The maximum absolute atomic E-state index is 11.5. The summed E-state index contributed by atoms with van der Waals surface area (Å²) in [6.45, 7) is 4.60. The zero-order chi connectivity index (χ0) is 14.3. The molecule has 0 aromatic carbocycles. The smallest absolute Gasteiger partial charge is 0.251 e. The normalized spacial score (nSPS) is 12.3. The van der Waals surface area contributed by atoms with E-state index < -0.39 is 11.9 Å². The lowest BCUT2D eigenvalue weighted by molar-refractivity contribution is -0.119. The largest absolute Gasteiger partial charge is 0.368 e. The molecule has 0 spiro atoms. The molecule has 0 aliphatic rings. The van der Waals surface area contributed by atoms with Gasteiger partial charge in [0.15, 0.2) is 5.16 Å². The molecule has 0 aliphatic heterocycles. The van der Waals surface area contributed by atoms with Crippen molar-refractivity contribution in [2.45, 2.75) is 37.9 Å². The first kappa shape index (κ1) is 15.7. The molecule has 1 atom stereocenters. The molecule has 106 valence electrons. The van der Waals surface area contributed by atoms with Gasteiger partial charge in [-0.2, -0.15) is 0 Å². The number of nitrogens with zero attached hydrogens (tertiary/aromatic N) is 1. The van der Waals surface area contributed by atoms with Crippen molar-refractivity contribution < 1.29 is 4.79 Å². The molecule has 0 saturated heterocycles. The summed E-state index contributed by atoms with van der Waals surface area (Å²) in [5, 5.41) is 3.52. The number of nitrogens with one attached hydrogen (secondary N) is 2. The van der Waals surface area contributed by atoms with Crippen LogP contribution in [0.3, 0.4) is 0 Å². The van der Waals surface area contributed by atoms with E-state index in [-0.39, 0.29) is 5.56 Å². The van der Waals surface area contributed by atoms with Gasteiger partial charge >= 0.3 is 0 Å². The molecule has 1 amide bonds. The van der Waals surface area contributed by atoms with Crippen molar-refractivity contribution in [1.29, 1.82) is 0 Å². The number of aryl methyl sites for hydroxylation is 1. The topological polar surface area (TPSA) is 101 Å². The molecule has 4 N–H and O–H groups in total. The first-order valence-electron chi connectivity index (χ1n) is 6.32. The number of carbonyl (C=O) groups is 1. The molecule has 1 unspecified atom stereocenters. The van der Waals surface area contributed by atoms with Gasteiger partial charge in [0.1, 0.15) is 0 Å². The number of rotatable bonds is 8. The highest BCUT2D eigenvalue weighted by molar-refractivity contribution is 7.99. The van der Waals surface area contributed by atoms with Crippen molar-refractivity contribution in [2.24, 2.45) is 5.73 Å². The van der Waals surface area contributed by atoms with Gasteiger partial charge in [0.25, 0.3) is 5.56 Å². The Bertz CT molecular complexity index is 475. The van der Waals surface area contributed by atoms with E-state index in [1.807, 2.05) is 13.8 Å². The molecule has 6 nitrogen and oxygen atoms in total. The average molecular weight is 284 g/mol. The summed E-state index contributed by atoms with van der Waals surface area (Å²) in [6.07, 6.45) is 1.70. The number of H-pyrrole nitrogens is 1. The van der Waals surface area contributed by atoms with Gasteiger partial charge in [0, 0.05) is 17.5 Å². The zero-order valence-corrected chi connectivity index (χ0v) is 12.0. The van der Waals surface area contributed by atoms with Crippen molar-refractivity contribution in [3.05, 3.63) is 22.1 Å². The highest BCUT2D eigenvalue weighted by atomic mass is 32.2. The number of thioether (sulfide) groups is 1. The molecule has 0 aliphatic carbocycles. The molecule has 0 fully saturated rings. The zero-order valence-electron chi connectivity index (χ0n) is 11.2. The third-order valence-electron chi connectivity index (χ3n) is 2.46. The van der Waals surface area contributed by atoms with Gasteiger partial charge in [-0.25, -0.2) is 4.98 Å². The van der Waals surface area contributed by atoms with Gasteiger partial charge in [-0.15, -0.1) is 0 Å². The van der Waals surface area contributed by atoms with Gasteiger partial charge in [-0.3, -0.25) is 9.59 Å². The molecule has 7 heteroatoms. The third kappa shape index (κ3) is 5.44. The van der Waals surface area contributed by atoms with Crippen LogP contribution in [0.5, 0.6) is 0 Å². The molecule has 0 saturated carbocycles. The summed E-state index contributed by atoms with van der Waals surface area (Å²) in [4.78, 5) is 29.7. The molecule has 0 bridgehead atoms. The molecule has 0 radical (unpaired) electrons. The minimum atomic E-state index is -0.421. The first-order valence-corrected chi connectivity index (χ1v) is 7.31. The molecule has 1 heterocycles. The number of carbonyl (C=O) groups excluding carboxylic acids is 1. The van der Waals surface area contributed by atoms with E-state index in [1.54, 1.807) is 0 Å². The number of amides is 1. The number of hydrogen-bond acceptors (Lipinski definition) is 5. The van der Waals surface area contributed by atoms with Crippen molar-refractivity contribution in [1.82, 2.24) is 15.3 Å². The van der Waals surface area contributed by atoms with Crippen LogP contribution in [0.1, 0.15) is 26.0 Å². The number of primary amides is 1. The Morgan fingerprint density at radius 2 is 2.32 bits per heavy atom. The molecule has 19 heavy (non-hydrogen) atoms. The summed E-state index contributed by atoms with van der Waals surface area (Å²) in [5.41, 5.74) is 5.89. The van der Waals surface area contributed by atoms with Crippen LogP contribution >= 0.6 is 11.8 Å². The maximum Gasteiger partial charge on any atom is 0.251 e. The van der Waals surface area contributed by atoms with Crippen LogP contribution in [-0.4, -0.2) is 34.2 Å². The number of likely N-dealkylation sites (N-methyl/N-ethyl adjacent to an activating group) is 1. The second kappa shape index (κ2) is 7.96. The standard InChI is InChI=1S/C12H20N4O2S/c1-3-5-8-6-10(17)16-12(15-8)19-7-9(11(13)18)14-4-2/h6,9,14H,3-5,7H2,1-2H3,(H2,13,18)(H,15,16,17). The van der Waals surface area contributed by atoms with Crippen molar-refractivity contribution in [3.63, 3.8) is 0 Å². The van der Waals surface area contributed by atoms with E-state index in [1.165, 1.54) is 17.8 Å². The summed E-state index contributed by atoms with van der Waals surface area (Å²) in [6, 6.07) is 1.08. The van der Waals surface area contributed by atoms with Crippen LogP contribution in [0.2, 0.25) is 0 Å². The lowest BCUT2D eigenvalue weighted by Crippen LogP contribution is -2.43. The van der Waals surface area contributed by atoms with Gasteiger partial charge in [-0.05, 0) is 13.0 Å². The molecule has 1 aromatic heterocycles. The fourth-order valence-corrected chi connectivity index (χ4v) is 2.55. The fourth-order valence-electron chi connectivity index (χ4n) is 1.59. The van der Waals surface area contributed by atoms with Crippen LogP contribution in [0.15, 0.2) is 16.0 Å². The Labute approximate surface area is 116 Å². The predicted octanol–water partition coefficient (Wildman–Crippen LogP) is 0.278. The minimum absolute atomic E-state index is 0.167. The monoisotopic (exact) mass is 284 g/mol. The molecular weight excluding hydrogens is 264 g/mol. The lowest BCUT2D eigenvalue weighted by Gasteiger charge is -2.13. The van der Waals surface area contributed by atoms with Gasteiger partial charge in [-0.1, -0.05) is 32.0 Å². The summed E-state index contributed by atoms with van der Waals surface area (Å²) in [5.74, 6) is 0.0447. The fraction of sp³-hybridized carbons (Fsp3) is 0.583. The van der Waals surface area contributed by atoms with Crippen molar-refractivity contribution >= 4 is 17.7 Å². The second-order valence-corrected chi connectivity index (χ2v) is 5.12. The highest BCUT2D eigenvalue weighted by Crippen LogP contribution is 2.13. The summed E-state index contributed by atoms with van der Waals surface area (Å²) < 4.78 is 0. The Kier molecular flexibility index (Phi) is 6.58. The van der Waals surface area contributed by atoms with Gasteiger partial charge in [0.2, 0.25) is 5.91 Å². The average Bonchev–Trinajstić information content (AvgIpc) is 2.34. The number of aromatic amines is 1. The van der Waals surface area contributed by atoms with Crippen LogP contribution < -0.4 is 16.6 Å². The van der Waals surface area contributed by atoms with E-state index >= 15 is 0 Å². The molecule has 1 aromatic rings. The Balaban J connectivity index is 2.70. The van der Waals surface area contributed by atoms with Crippen LogP contribution in [-0.2, 0) is 11.2 Å². The van der Waals surface area contributed by atoms with Crippen LogP contribution in [0.25, 0.3) is 0 Å². The Morgan fingerprint density at radius 3 is 2.89 bits per heavy atom. The van der Waals surface area contributed by atoms with E-state index in [0.29, 0.717) is 17.5 Å². The van der Waals surface area contributed by atoms with E-state index in [9.17, 15) is 9.59 Å². The first-order chi connectivity index (χ1) is 9.06. The number of nitrogens with two attached hydrogens (primary N) is 1. The lowest BCUT2D eigenvalue weighted by atomic mass is 10.2. The summed E-state index contributed by atoms with van der Waals surface area (Å²) >= 11 is 1.32. The van der Waals surface area contributed by atoms with Gasteiger partial charge in [0.05, 0.1) is 6.04 Å². The molecule has 1 rings (SSSR count). The Hall–Kier alpha value is -1.34. The van der Waals surface area contributed by atoms with E-state index in [2.05, 4.69) is 15.3 Å². The highest BCUT2D eigenvalue weighted by Gasteiger charge is 2.14. The Morgan fingerprint density at radius 1 is 1.58 bits per heavy atom. The van der Waals surface area contributed by atoms with Gasteiger partial charge < -0.3 is 16.0 Å². The quantitative estimate of drug-likeness (QED) is 0.470. The minimum Gasteiger partial charge on any atom is -0.368 e. The maximum atomic E-state index is 11.5. The summed E-state index contributed by atoms with van der Waals surface area (Å²) in [7, 11) is 0. The number of hydrogen-bond donors (Lipinski definition) is 3. The van der Waals surface area contributed by atoms with Crippen LogP contribution in [0.4, 0.5) is 0 Å². The number of aromatic nitrogens is 2. The predicted molar refractivity (Wildman–Crippen MR) is 76.2 cm³/mol. The van der Waals surface area contributed by atoms with Crippen molar-refractivity contribution in [2.75, 3.05) is 12.3 Å². The molecular formula is C12H20N4O2S. The van der Waals surface area contributed by atoms with E-state index in [0.717, 1.165) is 18.5 Å². The third-order valence-corrected chi connectivity index (χ3v) is 3.43. The second-order valence-electron chi connectivity index (χ2n) is 4.12. The SMILES string of the molecule is CCCc1cc(=O)[nH]c(SCC(NCC)C(N)=O)n1. The van der Waals surface area contributed by atoms with E-state index in [4.69, 9.17) is 5.73 Å². The van der Waals surface area contributed by atoms with Crippen LogP contribution in [0, 0.1) is 0 Å².